The zero-order chi connectivity index (χ0) is 22.1. The highest BCUT2D eigenvalue weighted by Crippen LogP contribution is 2.27. The number of hydrogen-bond acceptors (Lipinski definition) is 3. The molecular formula is C23H23ClN2O3S. The molecule has 0 spiro atoms. The standard InChI is InChI=1S/C23H23ClN2O3S/c1-14-8-10-19(12-16(14)3)25-23(27)18-9-11-20(24)22(13-18)30(28,29)26-21-7-5-6-15(2)17(21)4/h5-13,26H,1-4H3,(H,25,27). The average Bonchev–Trinajstić information content (AvgIpc) is 2.68. The van der Waals surface area contributed by atoms with Crippen LogP contribution in [0.1, 0.15) is 32.6 Å². The van der Waals surface area contributed by atoms with E-state index < -0.39 is 15.9 Å². The molecule has 1 amide bonds. The molecule has 5 nitrogen and oxygen atoms in total. The van der Waals surface area contributed by atoms with Crippen LogP contribution in [0.4, 0.5) is 11.4 Å². The first-order valence-corrected chi connectivity index (χ1v) is 11.2. The van der Waals surface area contributed by atoms with Gasteiger partial charge in [-0.25, -0.2) is 8.42 Å². The fraction of sp³-hybridized carbons (Fsp3) is 0.174. The number of amides is 1. The Morgan fingerprint density at radius 1 is 0.867 bits per heavy atom. The Morgan fingerprint density at radius 2 is 1.60 bits per heavy atom. The Hall–Kier alpha value is -2.83. The zero-order valence-electron chi connectivity index (χ0n) is 17.2. The molecule has 2 N–H and O–H groups in total. The van der Waals surface area contributed by atoms with Gasteiger partial charge in [0, 0.05) is 11.3 Å². The van der Waals surface area contributed by atoms with E-state index in [1.54, 1.807) is 18.2 Å². The van der Waals surface area contributed by atoms with Gasteiger partial charge < -0.3 is 5.32 Å². The number of anilines is 2. The minimum atomic E-state index is -3.99. The molecule has 0 aliphatic rings. The lowest BCUT2D eigenvalue weighted by Crippen LogP contribution is -2.17. The van der Waals surface area contributed by atoms with Crippen molar-refractivity contribution in [2.75, 3.05) is 10.0 Å². The smallest absolute Gasteiger partial charge is 0.263 e. The van der Waals surface area contributed by atoms with Gasteiger partial charge in [-0.05, 0) is 86.3 Å². The van der Waals surface area contributed by atoms with Gasteiger partial charge in [-0.2, -0.15) is 0 Å². The molecule has 0 fully saturated rings. The van der Waals surface area contributed by atoms with E-state index in [1.165, 1.54) is 18.2 Å². The largest absolute Gasteiger partial charge is 0.322 e. The molecule has 156 valence electrons. The number of carbonyl (C=O) groups excluding carboxylic acids is 1. The number of halogens is 1. The highest BCUT2D eigenvalue weighted by molar-refractivity contribution is 7.92. The van der Waals surface area contributed by atoms with Crippen LogP contribution in [0.3, 0.4) is 0 Å². The monoisotopic (exact) mass is 442 g/mol. The van der Waals surface area contributed by atoms with Gasteiger partial charge in [-0.3, -0.25) is 9.52 Å². The summed E-state index contributed by atoms with van der Waals surface area (Å²) >= 11 is 6.17. The van der Waals surface area contributed by atoms with Gasteiger partial charge >= 0.3 is 0 Å². The summed E-state index contributed by atoms with van der Waals surface area (Å²) in [4.78, 5) is 12.5. The molecule has 0 aliphatic heterocycles. The SMILES string of the molecule is Cc1ccc(NC(=O)c2ccc(Cl)c(S(=O)(=O)Nc3cccc(C)c3C)c2)cc1C. The van der Waals surface area contributed by atoms with Crippen LogP contribution in [-0.4, -0.2) is 14.3 Å². The van der Waals surface area contributed by atoms with E-state index in [0.717, 1.165) is 22.3 Å². The van der Waals surface area contributed by atoms with E-state index in [1.807, 2.05) is 45.9 Å². The number of benzene rings is 3. The van der Waals surface area contributed by atoms with Crippen molar-refractivity contribution in [2.45, 2.75) is 32.6 Å². The summed E-state index contributed by atoms with van der Waals surface area (Å²) < 4.78 is 28.5. The van der Waals surface area contributed by atoms with Crippen molar-refractivity contribution in [3.63, 3.8) is 0 Å². The summed E-state index contributed by atoms with van der Waals surface area (Å²) in [6.07, 6.45) is 0. The number of hydrogen-bond donors (Lipinski definition) is 2. The first kappa shape index (κ1) is 21.9. The first-order chi connectivity index (χ1) is 14.1. The highest BCUT2D eigenvalue weighted by atomic mass is 35.5. The second-order valence-corrected chi connectivity index (χ2v) is 9.31. The third-order valence-electron chi connectivity index (χ3n) is 5.10. The van der Waals surface area contributed by atoms with Crippen LogP contribution in [0.2, 0.25) is 5.02 Å². The predicted molar refractivity (Wildman–Crippen MR) is 122 cm³/mol. The van der Waals surface area contributed by atoms with Crippen LogP contribution in [0.5, 0.6) is 0 Å². The number of aryl methyl sites for hydroxylation is 3. The molecular weight excluding hydrogens is 420 g/mol. The molecule has 30 heavy (non-hydrogen) atoms. The van der Waals surface area contributed by atoms with Crippen molar-refractivity contribution >= 4 is 38.9 Å². The van der Waals surface area contributed by atoms with Gasteiger partial charge in [0.05, 0.1) is 10.7 Å². The molecule has 3 rings (SSSR count). The van der Waals surface area contributed by atoms with Crippen molar-refractivity contribution < 1.29 is 13.2 Å². The van der Waals surface area contributed by atoms with Crippen molar-refractivity contribution in [3.05, 3.63) is 87.4 Å². The maximum absolute atomic E-state index is 13.0. The van der Waals surface area contributed by atoms with Crippen LogP contribution in [0, 0.1) is 27.7 Å². The Balaban J connectivity index is 1.91. The zero-order valence-corrected chi connectivity index (χ0v) is 18.8. The maximum atomic E-state index is 13.0. The summed E-state index contributed by atoms with van der Waals surface area (Å²) in [5.41, 5.74) is 5.24. The topological polar surface area (TPSA) is 75.3 Å². The molecule has 0 aliphatic carbocycles. The van der Waals surface area contributed by atoms with E-state index in [2.05, 4.69) is 10.0 Å². The van der Waals surface area contributed by atoms with E-state index in [0.29, 0.717) is 11.4 Å². The van der Waals surface area contributed by atoms with Crippen LogP contribution in [-0.2, 0) is 10.0 Å². The van der Waals surface area contributed by atoms with E-state index in [9.17, 15) is 13.2 Å². The van der Waals surface area contributed by atoms with E-state index in [-0.39, 0.29) is 15.5 Å². The summed E-state index contributed by atoms with van der Waals surface area (Å²) in [6.45, 7) is 7.68. The third-order valence-corrected chi connectivity index (χ3v) is 6.94. The van der Waals surface area contributed by atoms with Crippen LogP contribution in [0.15, 0.2) is 59.5 Å². The number of rotatable bonds is 5. The molecule has 3 aromatic rings. The number of carbonyl (C=O) groups is 1. The summed E-state index contributed by atoms with van der Waals surface area (Å²) in [7, 11) is -3.99. The summed E-state index contributed by atoms with van der Waals surface area (Å²) in [6, 6.07) is 15.1. The van der Waals surface area contributed by atoms with Gasteiger partial charge in [0.15, 0.2) is 0 Å². The van der Waals surface area contributed by atoms with Crippen molar-refractivity contribution in [1.82, 2.24) is 0 Å². The Labute approximate surface area is 182 Å². The molecule has 0 radical (unpaired) electrons. The van der Waals surface area contributed by atoms with Crippen LogP contribution < -0.4 is 10.0 Å². The second-order valence-electron chi connectivity index (χ2n) is 7.25. The molecule has 0 bridgehead atoms. The highest BCUT2D eigenvalue weighted by Gasteiger charge is 2.21. The van der Waals surface area contributed by atoms with Crippen molar-refractivity contribution in [1.29, 1.82) is 0 Å². The lowest BCUT2D eigenvalue weighted by Gasteiger charge is -2.14. The molecule has 0 aromatic heterocycles. The van der Waals surface area contributed by atoms with E-state index >= 15 is 0 Å². The summed E-state index contributed by atoms with van der Waals surface area (Å²) in [5, 5.41) is 2.83. The van der Waals surface area contributed by atoms with Gasteiger partial charge in [-0.1, -0.05) is 29.8 Å². The van der Waals surface area contributed by atoms with Crippen molar-refractivity contribution in [3.8, 4) is 0 Å². The molecule has 7 heteroatoms. The number of nitrogens with one attached hydrogen (secondary N) is 2. The second kappa shape index (κ2) is 8.50. The van der Waals surface area contributed by atoms with Gasteiger partial charge in [0.1, 0.15) is 4.90 Å². The number of sulfonamides is 1. The first-order valence-electron chi connectivity index (χ1n) is 9.35. The fourth-order valence-electron chi connectivity index (χ4n) is 2.93. The molecule has 0 atom stereocenters. The molecule has 3 aromatic carbocycles. The molecule has 0 saturated heterocycles. The normalized spacial score (nSPS) is 11.2. The van der Waals surface area contributed by atoms with Crippen LogP contribution >= 0.6 is 11.6 Å². The van der Waals surface area contributed by atoms with E-state index in [4.69, 9.17) is 11.6 Å². The Bertz CT molecular complexity index is 1240. The van der Waals surface area contributed by atoms with Crippen molar-refractivity contribution in [2.24, 2.45) is 0 Å². The van der Waals surface area contributed by atoms with Gasteiger partial charge in [-0.15, -0.1) is 0 Å². The minimum absolute atomic E-state index is 0.0375. The Kier molecular flexibility index (Phi) is 6.19. The summed E-state index contributed by atoms with van der Waals surface area (Å²) in [5.74, 6) is -0.418. The predicted octanol–water partition coefficient (Wildman–Crippen LogP) is 5.63. The molecule has 0 heterocycles. The average molecular weight is 443 g/mol. The minimum Gasteiger partial charge on any atom is -0.322 e. The van der Waals surface area contributed by atoms with Crippen LogP contribution in [0.25, 0.3) is 0 Å². The quantitative estimate of drug-likeness (QED) is 0.537. The van der Waals surface area contributed by atoms with Gasteiger partial charge in [0.25, 0.3) is 15.9 Å². The van der Waals surface area contributed by atoms with Gasteiger partial charge in [0.2, 0.25) is 0 Å². The molecule has 0 unspecified atom stereocenters. The Morgan fingerprint density at radius 3 is 2.30 bits per heavy atom. The maximum Gasteiger partial charge on any atom is 0.263 e. The lowest BCUT2D eigenvalue weighted by molar-refractivity contribution is 0.102. The third kappa shape index (κ3) is 4.66. The molecule has 0 saturated carbocycles. The fourth-order valence-corrected chi connectivity index (χ4v) is 4.58. The lowest BCUT2D eigenvalue weighted by atomic mass is 10.1.